The molecule has 2 aromatic rings. The highest BCUT2D eigenvalue weighted by molar-refractivity contribution is 5.91. The molecular weight excluding hydrogens is 226 g/mol. The summed E-state index contributed by atoms with van der Waals surface area (Å²) in [4.78, 5) is 6.96. The first-order valence-electron chi connectivity index (χ1n) is 6.28. The third-order valence-electron chi connectivity index (χ3n) is 3.34. The number of para-hydroxylation sites is 1. The van der Waals surface area contributed by atoms with Crippen molar-refractivity contribution in [3.63, 3.8) is 0 Å². The van der Waals surface area contributed by atoms with Crippen LogP contribution < -0.4 is 15.0 Å². The molecule has 4 nitrogen and oxygen atoms in total. The zero-order valence-electron chi connectivity index (χ0n) is 10.5. The lowest BCUT2D eigenvalue weighted by atomic mass is 10.1. The Bertz CT molecular complexity index is 550. The Labute approximate surface area is 107 Å². The summed E-state index contributed by atoms with van der Waals surface area (Å²) >= 11 is 0. The van der Waals surface area contributed by atoms with Crippen LogP contribution in [0.4, 0.5) is 5.69 Å². The molecule has 94 valence electrons. The lowest BCUT2D eigenvalue weighted by Crippen LogP contribution is -2.43. The molecule has 1 saturated heterocycles. The summed E-state index contributed by atoms with van der Waals surface area (Å²) in [7, 11) is 1.65. The van der Waals surface area contributed by atoms with Crippen molar-refractivity contribution in [2.45, 2.75) is 0 Å². The maximum absolute atomic E-state index is 5.22. The molecule has 0 radical (unpaired) electrons. The van der Waals surface area contributed by atoms with Gasteiger partial charge in [0, 0.05) is 37.6 Å². The zero-order chi connectivity index (χ0) is 12.4. The van der Waals surface area contributed by atoms with Gasteiger partial charge in [-0.25, -0.2) is 4.98 Å². The van der Waals surface area contributed by atoms with Crippen molar-refractivity contribution in [2.75, 3.05) is 38.2 Å². The van der Waals surface area contributed by atoms with Gasteiger partial charge in [0.05, 0.1) is 18.3 Å². The van der Waals surface area contributed by atoms with Gasteiger partial charge in [-0.15, -0.1) is 0 Å². The van der Waals surface area contributed by atoms with E-state index in [0.29, 0.717) is 5.88 Å². The van der Waals surface area contributed by atoms with Crippen LogP contribution in [-0.4, -0.2) is 38.3 Å². The highest BCUT2D eigenvalue weighted by Crippen LogP contribution is 2.27. The standard InChI is InChI=1S/C14H17N3O/c1-18-13-6-5-11-3-2-4-12(14(11)16-13)17-9-7-15-8-10-17/h2-6,15H,7-10H2,1H3. The Morgan fingerprint density at radius 2 is 2.00 bits per heavy atom. The Morgan fingerprint density at radius 3 is 2.78 bits per heavy atom. The molecule has 2 heterocycles. The molecule has 0 bridgehead atoms. The van der Waals surface area contributed by atoms with Gasteiger partial charge in [0.15, 0.2) is 0 Å². The predicted molar refractivity (Wildman–Crippen MR) is 73.4 cm³/mol. The molecule has 1 N–H and O–H groups in total. The molecule has 0 saturated carbocycles. The monoisotopic (exact) mass is 243 g/mol. The number of nitrogens with zero attached hydrogens (tertiary/aromatic N) is 2. The van der Waals surface area contributed by atoms with Gasteiger partial charge in [-0.3, -0.25) is 0 Å². The van der Waals surface area contributed by atoms with Crippen LogP contribution in [0.3, 0.4) is 0 Å². The van der Waals surface area contributed by atoms with E-state index in [1.807, 2.05) is 6.07 Å². The van der Waals surface area contributed by atoms with Gasteiger partial charge in [0.1, 0.15) is 0 Å². The van der Waals surface area contributed by atoms with Gasteiger partial charge in [-0.2, -0.15) is 0 Å². The third kappa shape index (κ3) is 1.99. The van der Waals surface area contributed by atoms with Crippen molar-refractivity contribution in [3.05, 3.63) is 30.3 Å². The molecule has 0 aliphatic carbocycles. The second-order valence-electron chi connectivity index (χ2n) is 4.44. The number of methoxy groups -OCH3 is 1. The molecule has 1 aromatic heterocycles. The largest absolute Gasteiger partial charge is 0.481 e. The van der Waals surface area contributed by atoms with E-state index in [1.54, 1.807) is 7.11 Å². The minimum atomic E-state index is 0.671. The normalized spacial score (nSPS) is 15.9. The quantitative estimate of drug-likeness (QED) is 0.870. The van der Waals surface area contributed by atoms with Crippen LogP contribution in [-0.2, 0) is 0 Å². The first-order valence-corrected chi connectivity index (χ1v) is 6.28. The fourth-order valence-electron chi connectivity index (χ4n) is 2.39. The van der Waals surface area contributed by atoms with Gasteiger partial charge in [0.2, 0.25) is 5.88 Å². The van der Waals surface area contributed by atoms with Crippen LogP contribution >= 0.6 is 0 Å². The highest BCUT2D eigenvalue weighted by Gasteiger charge is 2.14. The second-order valence-corrected chi connectivity index (χ2v) is 4.44. The van der Waals surface area contributed by atoms with E-state index >= 15 is 0 Å². The molecule has 4 heteroatoms. The molecule has 1 aliphatic heterocycles. The summed E-state index contributed by atoms with van der Waals surface area (Å²) in [5.41, 5.74) is 2.23. The van der Waals surface area contributed by atoms with Crippen molar-refractivity contribution in [1.82, 2.24) is 10.3 Å². The number of piperazine rings is 1. The van der Waals surface area contributed by atoms with Crippen LogP contribution in [0, 0.1) is 0 Å². The summed E-state index contributed by atoms with van der Waals surface area (Å²) in [5.74, 6) is 0.671. The number of pyridine rings is 1. The number of nitrogens with one attached hydrogen (secondary N) is 1. The van der Waals surface area contributed by atoms with Crippen molar-refractivity contribution in [2.24, 2.45) is 0 Å². The summed E-state index contributed by atoms with van der Waals surface area (Å²) in [6.45, 7) is 4.11. The van der Waals surface area contributed by atoms with Crippen molar-refractivity contribution >= 4 is 16.6 Å². The van der Waals surface area contributed by atoms with E-state index in [9.17, 15) is 0 Å². The maximum atomic E-state index is 5.22. The first-order chi connectivity index (χ1) is 8.88. The molecule has 18 heavy (non-hydrogen) atoms. The van der Waals surface area contributed by atoms with Crippen LogP contribution in [0.2, 0.25) is 0 Å². The summed E-state index contributed by atoms with van der Waals surface area (Å²) < 4.78 is 5.22. The number of hydrogen-bond acceptors (Lipinski definition) is 4. The molecule has 0 spiro atoms. The number of benzene rings is 1. The molecule has 0 unspecified atom stereocenters. The van der Waals surface area contributed by atoms with Gasteiger partial charge in [0.25, 0.3) is 0 Å². The number of aromatic nitrogens is 1. The van der Waals surface area contributed by atoms with Crippen LogP contribution in [0.15, 0.2) is 30.3 Å². The average molecular weight is 243 g/mol. The summed E-state index contributed by atoms with van der Waals surface area (Å²) in [6.07, 6.45) is 0. The highest BCUT2D eigenvalue weighted by atomic mass is 16.5. The molecular formula is C14H17N3O. The number of ether oxygens (including phenoxy) is 1. The van der Waals surface area contributed by atoms with Crippen molar-refractivity contribution in [3.8, 4) is 5.88 Å². The van der Waals surface area contributed by atoms with E-state index in [-0.39, 0.29) is 0 Å². The van der Waals surface area contributed by atoms with E-state index in [2.05, 4.69) is 39.5 Å². The van der Waals surface area contributed by atoms with Crippen LogP contribution in [0.25, 0.3) is 10.9 Å². The topological polar surface area (TPSA) is 37.4 Å². The number of hydrogen-bond donors (Lipinski definition) is 1. The fraction of sp³-hybridized carbons (Fsp3) is 0.357. The molecule has 0 atom stereocenters. The summed E-state index contributed by atoms with van der Waals surface area (Å²) in [5, 5.41) is 4.53. The minimum absolute atomic E-state index is 0.671. The van der Waals surface area contributed by atoms with Gasteiger partial charge >= 0.3 is 0 Å². The Kier molecular flexibility index (Phi) is 3.02. The predicted octanol–water partition coefficient (Wildman–Crippen LogP) is 1.65. The van der Waals surface area contributed by atoms with Gasteiger partial charge < -0.3 is 15.0 Å². The number of rotatable bonds is 2. The summed E-state index contributed by atoms with van der Waals surface area (Å²) in [6, 6.07) is 10.3. The van der Waals surface area contributed by atoms with Crippen molar-refractivity contribution < 1.29 is 4.74 Å². The molecule has 1 aromatic carbocycles. The van der Waals surface area contributed by atoms with E-state index < -0.39 is 0 Å². The minimum Gasteiger partial charge on any atom is -0.481 e. The smallest absolute Gasteiger partial charge is 0.213 e. The second kappa shape index (κ2) is 4.82. The maximum Gasteiger partial charge on any atom is 0.213 e. The number of anilines is 1. The lowest BCUT2D eigenvalue weighted by Gasteiger charge is -2.30. The molecule has 0 amide bonds. The molecule has 3 rings (SSSR count). The number of fused-ring (bicyclic) bond motifs is 1. The van der Waals surface area contributed by atoms with Gasteiger partial charge in [-0.1, -0.05) is 12.1 Å². The van der Waals surface area contributed by atoms with Crippen LogP contribution in [0.5, 0.6) is 5.88 Å². The third-order valence-corrected chi connectivity index (χ3v) is 3.34. The SMILES string of the molecule is COc1ccc2cccc(N3CCNCC3)c2n1. The first kappa shape index (κ1) is 11.3. The Morgan fingerprint density at radius 1 is 1.17 bits per heavy atom. The Hall–Kier alpha value is -1.81. The lowest BCUT2D eigenvalue weighted by molar-refractivity contribution is 0.399. The van der Waals surface area contributed by atoms with E-state index in [4.69, 9.17) is 4.74 Å². The average Bonchev–Trinajstić information content (AvgIpc) is 2.47. The Balaban J connectivity index is 2.09. The molecule has 1 fully saturated rings. The molecule has 1 aliphatic rings. The fourth-order valence-corrected chi connectivity index (χ4v) is 2.39. The zero-order valence-corrected chi connectivity index (χ0v) is 10.5. The van der Waals surface area contributed by atoms with E-state index in [0.717, 1.165) is 37.1 Å². The van der Waals surface area contributed by atoms with Gasteiger partial charge in [-0.05, 0) is 12.1 Å². The van der Waals surface area contributed by atoms with Crippen LogP contribution in [0.1, 0.15) is 0 Å². The van der Waals surface area contributed by atoms with Crippen molar-refractivity contribution in [1.29, 1.82) is 0 Å². The van der Waals surface area contributed by atoms with E-state index in [1.165, 1.54) is 5.69 Å².